The lowest BCUT2D eigenvalue weighted by atomic mass is 10.1. The van der Waals surface area contributed by atoms with Crippen LogP contribution in [0.2, 0.25) is 0 Å². The number of thiophene rings is 1. The third kappa shape index (κ3) is 3.69. The maximum Gasteiger partial charge on any atom is 0.230 e. The average molecular weight is 482 g/mol. The topological polar surface area (TPSA) is 70.0 Å². The van der Waals surface area contributed by atoms with Gasteiger partial charge in [-0.15, -0.1) is 16.4 Å². The Balaban J connectivity index is 1.30. The fourth-order valence-electron chi connectivity index (χ4n) is 4.25. The normalized spacial score (nSPS) is 16.0. The van der Waals surface area contributed by atoms with Gasteiger partial charge in [-0.2, -0.15) is 9.50 Å². The van der Waals surface area contributed by atoms with E-state index in [9.17, 15) is 9.50 Å². The number of thiazole rings is 1. The Kier molecular flexibility index (Phi) is 5.12. The van der Waals surface area contributed by atoms with Crippen LogP contribution in [0, 0.1) is 5.82 Å². The van der Waals surface area contributed by atoms with Crippen molar-refractivity contribution in [3.05, 3.63) is 75.7 Å². The molecular weight excluding hydrogens is 461 g/mol. The molecule has 4 aromatic heterocycles. The van der Waals surface area contributed by atoms with E-state index in [4.69, 9.17) is 4.42 Å². The van der Waals surface area contributed by atoms with E-state index in [1.54, 1.807) is 29.7 Å². The van der Waals surface area contributed by atoms with Crippen molar-refractivity contribution < 1.29 is 13.9 Å². The minimum absolute atomic E-state index is 0.0825. The van der Waals surface area contributed by atoms with Gasteiger partial charge >= 0.3 is 0 Å². The van der Waals surface area contributed by atoms with Crippen molar-refractivity contribution in [1.82, 2.24) is 19.5 Å². The number of fused-ring (bicyclic) bond motifs is 1. The van der Waals surface area contributed by atoms with E-state index in [0.717, 1.165) is 41.6 Å². The molecule has 5 aromatic rings. The Morgan fingerprint density at radius 1 is 1.03 bits per heavy atom. The zero-order chi connectivity index (χ0) is 22.4. The lowest BCUT2D eigenvalue weighted by molar-refractivity contribution is 0.213. The van der Waals surface area contributed by atoms with Gasteiger partial charge in [-0.25, -0.2) is 4.39 Å². The van der Waals surface area contributed by atoms with Gasteiger partial charge in [-0.05, 0) is 47.8 Å². The van der Waals surface area contributed by atoms with Gasteiger partial charge in [-0.3, -0.25) is 4.90 Å². The molecule has 0 amide bonds. The van der Waals surface area contributed by atoms with Crippen LogP contribution in [-0.2, 0) is 0 Å². The Morgan fingerprint density at radius 2 is 1.85 bits per heavy atom. The summed E-state index contributed by atoms with van der Waals surface area (Å²) in [5.41, 5.74) is 1.02. The molecule has 0 saturated carbocycles. The Morgan fingerprint density at radius 3 is 2.52 bits per heavy atom. The standard InChI is InChI=1S/C23H20FN5O2S2/c24-15-5-7-16(8-6-15)27-9-11-28(12-10-27)19(18-4-2-14-32-18)20-22(30)29-23(33-20)25-21(26-29)17-3-1-13-31-17/h1-8,13-14,19,30H,9-12H2/t19-/m1/s1. The molecule has 6 rings (SSSR count). The Hall–Kier alpha value is -3.21. The summed E-state index contributed by atoms with van der Waals surface area (Å²) in [5, 5.41) is 17.6. The predicted molar refractivity (Wildman–Crippen MR) is 127 cm³/mol. The molecule has 1 N–H and O–H groups in total. The molecule has 0 unspecified atom stereocenters. The number of furan rings is 1. The second kappa shape index (κ2) is 8.29. The van der Waals surface area contributed by atoms with Crippen LogP contribution in [0.5, 0.6) is 5.88 Å². The third-order valence-electron chi connectivity index (χ3n) is 5.87. The molecule has 0 bridgehead atoms. The van der Waals surface area contributed by atoms with Gasteiger partial charge in [0.2, 0.25) is 16.7 Å². The monoisotopic (exact) mass is 481 g/mol. The van der Waals surface area contributed by atoms with Gasteiger partial charge in [0.05, 0.1) is 17.2 Å². The van der Waals surface area contributed by atoms with Gasteiger partial charge < -0.3 is 14.4 Å². The van der Waals surface area contributed by atoms with Crippen LogP contribution in [0.25, 0.3) is 16.5 Å². The summed E-state index contributed by atoms with van der Waals surface area (Å²) >= 11 is 3.12. The van der Waals surface area contributed by atoms with Crippen molar-refractivity contribution >= 4 is 33.3 Å². The van der Waals surface area contributed by atoms with Gasteiger partial charge in [-0.1, -0.05) is 17.4 Å². The largest absolute Gasteiger partial charge is 0.492 e. The van der Waals surface area contributed by atoms with Crippen molar-refractivity contribution in [2.45, 2.75) is 6.04 Å². The molecule has 0 spiro atoms. The molecule has 0 aliphatic carbocycles. The highest BCUT2D eigenvalue weighted by Gasteiger charge is 2.32. The Bertz CT molecular complexity index is 1350. The maximum absolute atomic E-state index is 13.3. The first-order valence-corrected chi connectivity index (χ1v) is 12.3. The van der Waals surface area contributed by atoms with Gasteiger partial charge in [0.15, 0.2) is 5.76 Å². The van der Waals surface area contributed by atoms with Crippen molar-refractivity contribution in [2.75, 3.05) is 31.1 Å². The minimum Gasteiger partial charge on any atom is -0.492 e. The lowest BCUT2D eigenvalue weighted by Gasteiger charge is -2.39. The number of anilines is 1. The first kappa shape index (κ1) is 20.4. The number of hydrogen-bond donors (Lipinski definition) is 1. The van der Waals surface area contributed by atoms with E-state index in [2.05, 4.69) is 31.3 Å². The van der Waals surface area contributed by atoms with Crippen molar-refractivity contribution in [2.24, 2.45) is 0 Å². The fraction of sp³-hybridized carbons (Fsp3) is 0.217. The van der Waals surface area contributed by atoms with Crippen LogP contribution in [0.1, 0.15) is 15.8 Å². The van der Waals surface area contributed by atoms with Gasteiger partial charge in [0, 0.05) is 36.7 Å². The van der Waals surface area contributed by atoms with Crippen molar-refractivity contribution in [3.8, 4) is 17.5 Å². The number of piperazine rings is 1. The molecular formula is C23H20FN5O2S2. The second-order valence-corrected chi connectivity index (χ2v) is 9.80. The quantitative estimate of drug-likeness (QED) is 0.386. The SMILES string of the molecule is Oc1c([C@@H](c2cccs2)N2CCN(c3ccc(F)cc3)CC2)sc2nc(-c3ccco3)nn12. The van der Waals surface area contributed by atoms with Gasteiger partial charge in [0.25, 0.3) is 0 Å². The molecule has 1 atom stereocenters. The lowest BCUT2D eigenvalue weighted by Crippen LogP contribution is -2.47. The number of rotatable bonds is 5. The van der Waals surface area contributed by atoms with E-state index < -0.39 is 0 Å². The van der Waals surface area contributed by atoms with Crippen LogP contribution in [-0.4, -0.2) is 50.8 Å². The van der Waals surface area contributed by atoms with Crippen LogP contribution < -0.4 is 4.90 Å². The van der Waals surface area contributed by atoms with E-state index >= 15 is 0 Å². The fourth-order valence-corrected chi connectivity index (χ4v) is 6.30. The van der Waals surface area contributed by atoms with E-state index in [1.165, 1.54) is 28.0 Å². The predicted octanol–water partition coefficient (Wildman–Crippen LogP) is 4.87. The van der Waals surface area contributed by atoms with E-state index in [1.807, 2.05) is 18.2 Å². The summed E-state index contributed by atoms with van der Waals surface area (Å²) in [7, 11) is 0. The maximum atomic E-state index is 13.3. The molecule has 10 heteroatoms. The van der Waals surface area contributed by atoms with Crippen LogP contribution in [0.3, 0.4) is 0 Å². The molecule has 168 valence electrons. The molecule has 0 radical (unpaired) electrons. The highest BCUT2D eigenvalue weighted by molar-refractivity contribution is 7.17. The number of hydrogen-bond acceptors (Lipinski definition) is 8. The van der Waals surface area contributed by atoms with E-state index in [-0.39, 0.29) is 17.7 Å². The third-order valence-corrected chi connectivity index (χ3v) is 7.87. The molecule has 1 saturated heterocycles. The molecule has 1 aliphatic rings. The average Bonchev–Trinajstić information content (AvgIpc) is 3.63. The summed E-state index contributed by atoms with van der Waals surface area (Å²) in [6.07, 6.45) is 1.58. The van der Waals surface area contributed by atoms with Crippen molar-refractivity contribution in [3.63, 3.8) is 0 Å². The molecule has 1 aromatic carbocycles. The summed E-state index contributed by atoms with van der Waals surface area (Å²) < 4.78 is 20.2. The first-order valence-electron chi connectivity index (χ1n) is 10.6. The van der Waals surface area contributed by atoms with Crippen LogP contribution in [0.4, 0.5) is 10.1 Å². The number of halogens is 1. The molecule has 33 heavy (non-hydrogen) atoms. The number of nitrogens with zero attached hydrogens (tertiary/aromatic N) is 5. The summed E-state index contributed by atoms with van der Waals surface area (Å²) in [6.45, 7) is 3.25. The molecule has 1 fully saturated rings. The van der Waals surface area contributed by atoms with Crippen LogP contribution >= 0.6 is 22.7 Å². The van der Waals surface area contributed by atoms with Gasteiger partial charge in [0.1, 0.15) is 5.82 Å². The van der Waals surface area contributed by atoms with E-state index in [0.29, 0.717) is 16.5 Å². The first-order chi connectivity index (χ1) is 16.2. The molecule has 5 heterocycles. The number of benzene rings is 1. The van der Waals surface area contributed by atoms with Crippen LogP contribution in [0.15, 0.2) is 64.6 Å². The highest BCUT2D eigenvalue weighted by atomic mass is 32.1. The smallest absolute Gasteiger partial charge is 0.230 e. The second-order valence-electron chi connectivity index (χ2n) is 7.81. The number of aromatic nitrogens is 3. The summed E-state index contributed by atoms with van der Waals surface area (Å²) in [5.74, 6) is 0.907. The summed E-state index contributed by atoms with van der Waals surface area (Å²) in [4.78, 5) is 11.8. The van der Waals surface area contributed by atoms with Crippen molar-refractivity contribution in [1.29, 1.82) is 0 Å². The minimum atomic E-state index is -0.225. The zero-order valence-electron chi connectivity index (χ0n) is 17.5. The zero-order valence-corrected chi connectivity index (χ0v) is 19.1. The highest BCUT2D eigenvalue weighted by Crippen LogP contribution is 2.42. The molecule has 1 aliphatic heterocycles. The summed E-state index contributed by atoms with van der Waals surface area (Å²) in [6, 6.07) is 14.3. The molecule has 7 nitrogen and oxygen atoms in total. The number of aromatic hydroxyl groups is 1. The Labute approximate surface area is 197 Å².